The van der Waals surface area contributed by atoms with Gasteiger partial charge in [0.15, 0.2) is 0 Å². The van der Waals surface area contributed by atoms with Crippen molar-refractivity contribution in [2.45, 2.75) is 24.9 Å². The molecule has 0 bridgehead atoms. The maximum absolute atomic E-state index is 10.7. The quantitative estimate of drug-likeness (QED) is 0.587. The number of nitrogens with zero attached hydrogens (tertiary/aromatic N) is 1. The summed E-state index contributed by atoms with van der Waals surface area (Å²) in [6.07, 6.45) is 1.86. The molecule has 1 aromatic carbocycles. The normalized spacial score (nSPS) is 16.3. The zero-order valence-corrected chi connectivity index (χ0v) is 10.2. The molecular weight excluding hydrogens is 236 g/mol. The number of rotatable bonds is 6. The average Bonchev–Trinajstić information content (AvgIpc) is 3.16. The fraction of sp³-hybridized carbons (Fsp3) is 0.500. The van der Waals surface area contributed by atoms with Crippen molar-refractivity contribution >= 4 is 5.69 Å². The van der Waals surface area contributed by atoms with Gasteiger partial charge < -0.3 is 15.2 Å². The van der Waals surface area contributed by atoms with Gasteiger partial charge in [0.2, 0.25) is 0 Å². The van der Waals surface area contributed by atoms with Crippen molar-refractivity contribution in [1.82, 2.24) is 5.32 Å². The Balaban J connectivity index is 2.14. The van der Waals surface area contributed by atoms with Crippen LogP contribution in [0.25, 0.3) is 0 Å². The first kappa shape index (κ1) is 12.8. The zero-order chi connectivity index (χ0) is 13.2. The number of methoxy groups -OCH3 is 1. The van der Waals surface area contributed by atoms with Gasteiger partial charge in [-0.2, -0.15) is 0 Å². The Morgan fingerprint density at radius 2 is 2.28 bits per heavy atom. The Morgan fingerprint density at radius 1 is 1.56 bits per heavy atom. The van der Waals surface area contributed by atoms with E-state index in [2.05, 4.69) is 5.32 Å². The van der Waals surface area contributed by atoms with Crippen LogP contribution >= 0.6 is 0 Å². The maximum atomic E-state index is 10.7. The summed E-state index contributed by atoms with van der Waals surface area (Å²) in [7, 11) is 1.53. The van der Waals surface area contributed by atoms with E-state index in [1.54, 1.807) is 6.07 Å². The number of non-ortho nitro benzene ring substituents is 1. The number of ether oxygens (including phenoxy) is 1. The van der Waals surface area contributed by atoms with Gasteiger partial charge in [-0.05, 0) is 18.9 Å². The number of hydrogen-bond donors (Lipinski definition) is 2. The molecule has 1 fully saturated rings. The summed E-state index contributed by atoms with van der Waals surface area (Å²) in [6.45, 7) is 0.537. The minimum Gasteiger partial charge on any atom is -0.496 e. The molecule has 0 spiro atoms. The molecule has 0 saturated heterocycles. The second-order valence-electron chi connectivity index (χ2n) is 4.55. The van der Waals surface area contributed by atoms with Crippen LogP contribution < -0.4 is 10.1 Å². The molecule has 0 aromatic heterocycles. The summed E-state index contributed by atoms with van der Waals surface area (Å²) >= 11 is 0. The number of aliphatic hydroxyl groups is 1. The van der Waals surface area contributed by atoms with Crippen molar-refractivity contribution in [3.63, 3.8) is 0 Å². The van der Waals surface area contributed by atoms with Crippen LogP contribution in [0.5, 0.6) is 5.75 Å². The van der Waals surface area contributed by atoms with Gasteiger partial charge in [-0.25, -0.2) is 0 Å². The molecule has 1 aromatic rings. The minimum atomic E-state index is -0.429. The van der Waals surface area contributed by atoms with Crippen LogP contribution in [0.4, 0.5) is 5.69 Å². The van der Waals surface area contributed by atoms with E-state index in [4.69, 9.17) is 4.74 Å². The Bertz CT molecular complexity index is 457. The van der Waals surface area contributed by atoms with E-state index in [1.807, 2.05) is 0 Å². The van der Waals surface area contributed by atoms with E-state index in [0.717, 1.165) is 18.4 Å². The van der Waals surface area contributed by atoms with Gasteiger partial charge >= 0.3 is 0 Å². The van der Waals surface area contributed by atoms with Crippen LogP contribution in [0.1, 0.15) is 18.4 Å². The Kier molecular flexibility index (Phi) is 3.49. The third-order valence-corrected chi connectivity index (χ3v) is 3.28. The van der Waals surface area contributed by atoms with Crippen LogP contribution in [0.3, 0.4) is 0 Å². The fourth-order valence-electron chi connectivity index (χ4n) is 1.84. The molecule has 98 valence electrons. The third kappa shape index (κ3) is 2.60. The van der Waals surface area contributed by atoms with E-state index in [1.165, 1.54) is 19.2 Å². The van der Waals surface area contributed by atoms with Crippen LogP contribution in [-0.2, 0) is 6.54 Å². The molecule has 0 radical (unpaired) electrons. The van der Waals surface area contributed by atoms with Crippen LogP contribution in [0, 0.1) is 10.1 Å². The molecule has 0 heterocycles. The van der Waals surface area contributed by atoms with Gasteiger partial charge in [-0.3, -0.25) is 10.1 Å². The molecule has 0 aliphatic heterocycles. The maximum Gasteiger partial charge on any atom is 0.270 e. The number of aliphatic hydroxyl groups excluding tert-OH is 1. The average molecular weight is 252 g/mol. The van der Waals surface area contributed by atoms with Gasteiger partial charge in [-0.15, -0.1) is 0 Å². The van der Waals surface area contributed by atoms with Crippen molar-refractivity contribution in [2.75, 3.05) is 13.7 Å². The highest BCUT2D eigenvalue weighted by molar-refractivity contribution is 5.43. The van der Waals surface area contributed by atoms with Crippen molar-refractivity contribution in [1.29, 1.82) is 0 Å². The summed E-state index contributed by atoms with van der Waals surface area (Å²) in [5, 5.41) is 23.2. The van der Waals surface area contributed by atoms with Gasteiger partial charge in [0.25, 0.3) is 5.69 Å². The molecule has 6 nitrogen and oxygen atoms in total. The van der Waals surface area contributed by atoms with Crippen molar-refractivity contribution in [3.8, 4) is 5.75 Å². The molecular formula is C12H16N2O4. The zero-order valence-electron chi connectivity index (χ0n) is 10.2. The fourth-order valence-corrected chi connectivity index (χ4v) is 1.84. The van der Waals surface area contributed by atoms with Crippen molar-refractivity contribution < 1.29 is 14.8 Å². The SMILES string of the molecule is COc1ccc([N+](=O)[O-])cc1CNC1(CO)CC1. The second-order valence-corrected chi connectivity index (χ2v) is 4.55. The molecule has 0 amide bonds. The molecule has 1 aliphatic carbocycles. The molecule has 0 atom stereocenters. The van der Waals surface area contributed by atoms with Gasteiger partial charge in [-0.1, -0.05) is 0 Å². The lowest BCUT2D eigenvalue weighted by Gasteiger charge is -2.15. The van der Waals surface area contributed by atoms with E-state index in [-0.39, 0.29) is 17.8 Å². The van der Waals surface area contributed by atoms with Crippen LogP contribution in [0.15, 0.2) is 18.2 Å². The first-order valence-electron chi connectivity index (χ1n) is 5.77. The second kappa shape index (κ2) is 4.91. The lowest BCUT2D eigenvalue weighted by atomic mass is 10.1. The largest absolute Gasteiger partial charge is 0.496 e. The molecule has 6 heteroatoms. The lowest BCUT2D eigenvalue weighted by molar-refractivity contribution is -0.384. The van der Waals surface area contributed by atoms with Gasteiger partial charge in [0, 0.05) is 29.8 Å². The number of hydrogen-bond acceptors (Lipinski definition) is 5. The van der Waals surface area contributed by atoms with Crippen LogP contribution in [-0.4, -0.2) is 29.3 Å². The summed E-state index contributed by atoms with van der Waals surface area (Å²) < 4.78 is 5.17. The summed E-state index contributed by atoms with van der Waals surface area (Å²) in [4.78, 5) is 10.3. The molecule has 18 heavy (non-hydrogen) atoms. The topological polar surface area (TPSA) is 84.6 Å². The van der Waals surface area contributed by atoms with Crippen molar-refractivity contribution in [2.24, 2.45) is 0 Å². The predicted octanol–water partition coefficient (Wildman–Crippen LogP) is 1.22. The highest BCUT2D eigenvalue weighted by Crippen LogP contribution is 2.35. The smallest absolute Gasteiger partial charge is 0.270 e. The highest BCUT2D eigenvalue weighted by atomic mass is 16.6. The highest BCUT2D eigenvalue weighted by Gasteiger charge is 2.41. The monoisotopic (exact) mass is 252 g/mol. The number of nitrogens with one attached hydrogen (secondary N) is 1. The number of nitro groups is 1. The molecule has 2 rings (SSSR count). The number of nitro benzene ring substituents is 1. The van der Waals surface area contributed by atoms with Crippen LogP contribution in [0.2, 0.25) is 0 Å². The van der Waals surface area contributed by atoms with Crippen molar-refractivity contribution in [3.05, 3.63) is 33.9 Å². The van der Waals surface area contributed by atoms with E-state index in [9.17, 15) is 15.2 Å². The third-order valence-electron chi connectivity index (χ3n) is 3.28. The Hall–Kier alpha value is -1.66. The first-order chi connectivity index (χ1) is 8.60. The molecule has 2 N–H and O–H groups in total. The summed E-state index contributed by atoms with van der Waals surface area (Å²) in [6, 6.07) is 4.51. The summed E-state index contributed by atoms with van der Waals surface area (Å²) in [5.74, 6) is 0.613. The Labute approximate surface area is 105 Å². The first-order valence-corrected chi connectivity index (χ1v) is 5.77. The van der Waals surface area contributed by atoms with Gasteiger partial charge in [0.1, 0.15) is 5.75 Å². The van der Waals surface area contributed by atoms with Gasteiger partial charge in [0.05, 0.1) is 18.6 Å². The molecule has 1 saturated carbocycles. The van der Waals surface area contributed by atoms with E-state index < -0.39 is 4.92 Å². The minimum absolute atomic E-state index is 0.0430. The molecule has 0 unspecified atom stereocenters. The van der Waals surface area contributed by atoms with E-state index >= 15 is 0 Å². The lowest BCUT2D eigenvalue weighted by Crippen LogP contribution is -2.34. The van der Waals surface area contributed by atoms with E-state index in [0.29, 0.717) is 12.3 Å². The number of benzene rings is 1. The molecule has 1 aliphatic rings. The Morgan fingerprint density at radius 3 is 2.78 bits per heavy atom. The standard InChI is InChI=1S/C12H16N2O4/c1-18-11-3-2-10(14(16)17)6-9(11)7-13-12(8-15)4-5-12/h2-3,6,13,15H,4-5,7-8H2,1H3. The predicted molar refractivity (Wildman–Crippen MR) is 65.5 cm³/mol. The summed E-state index contributed by atoms with van der Waals surface area (Å²) in [5.41, 5.74) is 0.572.